The molecule has 0 bridgehead atoms. The van der Waals surface area contributed by atoms with Crippen LogP contribution in [0, 0.1) is 5.82 Å². The summed E-state index contributed by atoms with van der Waals surface area (Å²) in [6, 6.07) is 8.87. The Bertz CT molecular complexity index is 1370. The molecule has 1 N–H and O–H groups in total. The molecule has 7 heteroatoms. The van der Waals surface area contributed by atoms with Gasteiger partial charge in [0.1, 0.15) is 11.5 Å². The van der Waals surface area contributed by atoms with Gasteiger partial charge in [-0.15, -0.1) is 16.4 Å². The van der Waals surface area contributed by atoms with Crippen molar-refractivity contribution in [2.45, 2.75) is 26.7 Å². The summed E-state index contributed by atoms with van der Waals surface area (Å²) in [5.41, 5.74) is 5.46. The molecule has 0 radical (unpaired) electrons. The minimum absolute atomic E-state index is 0.224. The van der Waals surface area contributed by atoms with E-state index in [0.717, 1.165) is 32.0 Å². The lowest BCUT2D eigenvalue weighted by atomic mass is 9.95. The molecular weight excluding hydrogens is 377 g/mol. The summed E-state index contributed by atoms with van der Waals surface area (Å²) in [7, 11) is 0. The van der Waals surface area contributed by atoms with Gasteiger partial charge >= 0.3 is 5.76 Å². The number of fused-ring (bicyclic) bond motifs is 3. The Labute approximate surface area is 163 Å². The highest BCUT2D eigenvalue weighted by molar-refractivity contribution is 7.21. The monoisotopic (exact) mass is 393 g/mol. The van der Waals surface area contributed by atoms with Crippen LogP contribution >= 0.6 is 11.3 Å². The largest absolute Gasteiger partial charge is 0.417 e. The second-order valence-electron chi connectivity index (χ2n) is 6.86. The average molecular weight is 393 g/mol. The number of rotatable bonds is 2. The maximum absolute atomic E-state index is 14.5. The number of hydrogen-bond acceptors (Lipinski definition) is 5. The van der Waals surface area contributed by atoms with Crippen LogP contribution in [0.25, 0.3) is 21.2 Å². The van der Waals surface area contributed by atoms with E-state index in [1.165, 1.54) is 17.4 Å². The van der Waals surface area contributed by atoms with E-state index in [0.29, 0.717) is 35.0 Å². The molecule has 0 atom stereocenters. The molecule has 4 aromatic rings. The van der Waals surface area contributed by atoms with E-state index in [1.807, 2.05) is 32.0 Å². The van der Waals surface area contributed by atoms with Gasteiger partial charge in [0, 0.05) is 27.8 Å². The van der Waals surface area contributed by atoms with Gasteiger partial charge in [-0.2, -0.15) is 5.10 Å². The van der Waals surface area contributed by atoms with Crippen LogP contribution in [-0.2, 0) is 12.8 Å². The molecule has 1 aliphatic rings. The number of aryl methyl sites for hydroxylation is 1. The molecule has 5 rings (SSSR count). The first-order valence-corrected chi connectivity index (χ1v) is 9.84. The van der Waals surface area contributed by atoms with Crippen molar-refractivity contribution in [3.8, 4) is 0 Å². The summed E-state index contributed by atoms with van der Waals surface area (Å²) in [6.45, 7) is 3.93. The normalized spacial score (nSPS) is 14.1. The van der Waals surface area contributed by atoms with E-state index in [1.54, 1.807) is 6.07 Å². The maximum Gasteiger partial charge on any atom is 0.417 e. The Kier molecular flexibility index (Phi) is 3.80. The summed E-state index contributed by atoms with van der Waals surface area (Å²) in [4.78, 5) is 15.2. The molecule has 0 saturated carbocycles. The molecule has 0 unspecified atom stereocenters. The van der Waals surface area contributed by atoms with E-state index in [2.05, 4.69) is 15.2 Å². The Hall–Kier alpha value is -3.06. The van der Waals surface area contributed by atoms with Crippen LogP contribution in [0.2, 0.25) is 0 Å². The van der Waals surface area contributed by atoms with Gasteiger partial charge in [-0.3, -0.25) is 4.98 Å². The van der Waals surface area contributed by atoms with Crippen LogP contribution in [0.3, 0.4) is 0 Å². The molecule has 28 heavy (non-hydrogen) atoms. The van der Waals surface area contributed by atoms with Gasteiger partial charge in [-0.25, -0.2) is 9.18 Å². The topological polar surface area (TPSA) is 70.7 Å². The second kappa shape index (κ2) is 6.24. The summed E-state index contributed by atoms with van der Waals surface area (Å²) < 4.78 is 20.7. The number of H-pyrrole nitrogens is 1. The number of aromatic amines is 1. The number of benzene rings is 2. The first kappa shape index (κ1) is 17.1. The predicted molar refractivity (Wildman–Crippen MR) is 110 cm³/mol. The van der Waals surface area contributed by atoms with Gasteiger partial charge in [-0.05, 0) is 48.7 Å². The molecule has 3 heterocycles. The van der Waals surface area contributed by atoms with Gasteiger partial charge in [0.2, 0.25) is 0 Å². The SMILES string of the molecule is CCc1c(C2=NN=C(C)Cc3cc4[nH]c(=O)oc4cc32)sc2cccc(F)c12. The highest BCUT2D eigenvalue weighted by Crippen LogP contribution is 2.37. The Morgan fingerprint density at radius 2 is 2.14 bits per heavy atom. The number of hydrogen-bond donors (Lipinski definition) is 1. The minimum atomic E-state index is -0.489. The smallest absolute Gasteiger partial charge is 0.408 e. The molecule has 0 aliphatic carbocycles. The lowest BCUT2D eigenvalue weighted by Crippen LogP contribution is -2.07. The first-order valence-electron chi connectivity index (χ1n) is 9.02. The molecular formula is C21H16FN3O2S. The van der Waals surface area contributed by atoms with Crippen molar-refractivity contribution in [1.29, 1.82) is 0 Å². The van der Waals surface area contributed by atoms with E-state index in [4.69, 9.17) is 4.42 Å². The van der Waals surface area contributed by atoms with Crippen molar-refractivity contribution >= 4 is 43.9 Å². The van der Waals surface area contributed by atoms with E-state index in [9.17, 15) is 9.18 Å². The number of aromatic nitrogens is 1. The molecule has 5 nitrogen and oxygen atoms in total. The van der Waals surface area contributed by atoms with Crippen molar-refractivity contribution in [2.75, 3.05) is 0 Å². The van der Waals surface area contributed by atoms with Crippen molar-refractivity contribution < 1.29 is 8.81 Å². The molecule has 0 spiro atoms. The third kappa shape index (κ3) is 2.54. The number of halogens is 1. The Morgan fingerprint density at radius 1 is 1.29 bits per heavy atom. The predicted octanol–water partition coefficient (Wildman–Crippen LogP) is 4.81. The second-order valence-corrected chi connectivity index (χ2v) is 7.91. The highest BCUT2D eigenvalue weighted by Gasteiger charge is 2.24. The fourth-order valence-electron chi connectivity index (χ4n) is 3.77. The molecule has 1 aliphatic heterocycles. The van der Waals surface area contributed by atoms with Crippen LogP contribution in [0.5, 0.6) is 0 Å². The third-order valence-corrected chi connectivity index (χ3v) is 6.20. The number of nitrogens with zero attached hydrogens (tertiary/aromatic N) is 2. The average Bonchev–Trinajstić information content (AvgIpc) is 3.16. The van der Waals surface area contributed by atoms with Crippen LogP contribution in [0.1, 0.15) is 35.4 Å². The zero-order valence-electron chi connectivity index (χ0n) is 15.3. The first-order chi connectivity index (χ1) is 13.5. The maximum atomic E-state index is 14.5. The molecule has 0 amide bonds. The van der Waals surface area contributed by atoms with Crippen molar-refractivity contribution in [1.82, 2.24) is 4.98 Å². The Morgan fingerprint density at radius 3 is 2.96 bits per heavy atom. The van der Waals surface area contributed by atoms with Gasteiger partial charge in [0.05, 0.1) is 10.4 Å². The molecule has 0 saturated heterocycles. The van der Waals surface area contributed by atoms with Crippen LogP contribution in [0.4, 0.5) is 4.39 Å². The van der Waals surface area contributed by atoms with E-state index >= 15 is 0 Å². The fourth-order valence-corrected chi connectivity index (χ4v) is 5.08. The highest BCUT2D eigenvalue weighted by atomic mass is 32.1. The lowest BCUT2D eigenvalue weighted by Gasteiger charge is -2.09. The molecule has 2 aromatic heterocycles. The summed E-state index contributed by atoms with van der Waals surface area (Å²) in [5.74, 6) is -0.713. The minimum Gasteiger partial charge on any atom is -0.408 e. The molecule has 2 aromatic carbocycles. The van der Waals surface area contributed by atoms with E-state index in [-0.39, 0.29) is 5.82 Å². The standard InChI is InChI=1S/C21H16FN3O2S/c1-3-12-18-14(22)5-4-6-17(18)28-20(12)19-13-9-16-15(23-21(26)27-16)8-11(13)7-10(2)24-25-19/h4-6,8-9H,3,7H2,1-2H3,(H,23,26). The number of thiophene rings is 1. The summed E-state index contributed by atoms with van der Waals surface area (Å²) in [5, 5.41) is 9.54. The zero-order chi connectivity index (χ0) is 19.4. The summed E-state index contributed by atoms with van der Waals surface area (Å²) in [6.07, 6.45) is 1.29. The van der Waals surface area contributed by atoms with Gasteiger partial charge in [0.15, 0.2) is 5.58 Å². The van der Waals surface area contributed by atoms with Crippen LogP contribution in [-0.4, -0.2) is 16.4 Å². The number of oxazole rings is 1. The van der Waals surface area contributed by atoms with Gasteiger partial charge < -0.3 is 4.42 Å². The lowest BCUT2D eigenvalue weighted by molar-refractivity contribution is 0.555. The van der Waals surface area contributed by atoms with Gasteiger partial charge in [-0.1, -0.05) is 13.0 Å². The van der Waals surface area contributed by atoms with Crippen LogP contribution in [0.15, 0.2) is 49.7 Å². The van der Waals surface area contributed by atoms with Crippen molar-refractivity contribution in [3.05, 3.63) is 68.3 Å². The quantitative estimate of drug-likeness (QED) is 0.531. The van der Waals surface area contributed by atoms with E-state index < -0.39 is 5.76 Å². The molecule has 140 valence electrons. The van der Waals surface area contributed by atoms with Crippen molar-refractivity contribution in [2.24, 2.45) is 10.2 Å². The third-order valence-electron chi connectivity index (χ3n) is 5.00. The Balaban J connectivity index is 1.83. The van der Waals surface area contributed by atoms with Crippen LogP contribution < -0.4 is 5.76 Å². The molecule has 0 fully saturated rings. The van der Waals surface area contributed by atoms with Gasteiger partial charge in [0.25, 0.3) is 0 Å². The van der Waals surface area contributed by atoms with Crippen molar-refractivity contribution in [3.63, 3.8) is 0 Å². The summed E-state index contributed by atoms with van der Waals surface area (Å²) >= 11 is 1.51. The zero-order valence-corrected chi connectivity index (χ0v) is 16.1. The fraction of sp³-hybridized carbons (Fsp3) is 0.190. The number of nitrogens with one attached hydrogen (secondary N) is 1.